The van der Waals surface area contributed by atoms with Crippen molar-refractivity contribution in [1.82, 2.24) is 10.2 Å². The van der Waals surface area contributed by atoms with E-state index in [9.17, 15) is 0 Å². The monoisotopic (exact) mass is 280 g/mol. The van der Waals surface area contributed by atoms with Crippen LogP contribution in [0.25, 0.3) is 0 Å². The van der Waals surface area contributed by atoms with E-state index in [-0.39, 0.29) is 0 Å². The first kappa shape index (κ1) is 14.3. The molecule has 106 valence electrons. The smallest absolute Gasteiger partial charge is 0.188 e. The van der Waals surface area contributed by atoms with Crippen molar-refractivity contribution in [2.75, 3.05) is 19.6 Å². The summed E-state index contributed by atoms with van der Waals surface area (Å²) in [4.78, 5) is 8.40. The summed E-state index contributed by atoms with van der Waals surface area (Å²) in [5, 5.41) is 5.38. The van der Waals surface area contributed by atoms with Gasteiger partial charge in [-0.3, -0.25) is 9.89 Å². The van der Waals surface area contributed by atoms with Crippen LogP contribution in [-0.2, 0) is 13.0 Å². The van der Waals surface area contributed by atoms with Gasteiger partial charge in [-0.2, -0.15) is 0 Å². The Balaban J connectivity index is 1.73. The maximum absolute atomic E-state index is 5.85. The Bertz CT molecular complexity index is 427. The first-order valence-electron chi connectivity index (χ1n) is 7.03. The molecule has 2 heterocycles. The number of hydrogen-bond donors (Lipinski definition) is 2. The molecule has 0 fully saturated rings. The summed E-state index contributed by atoms with van der Waals surface area (Å²) in [5.74, 6) is 0.572. The number of aliphatic imine (C=N–C) groups is 1. The van der Waals surface area contributed by atoms with Gasteiger partial charge in [0.25, 0.3) is 0 Å². The SMILES string of the molecule is CCC(C)NC(N)=NCCN1CCc2sccc2C1. The largest absolute Gasteiger partial charge is 0.370 e. The molecule has 2 rings (SSSR count). The number of nitrogens with two attached hydrogens (primary N) is 1. The molecule has 0 bridgehead atoms. The van der Waals surface area contributed by atoms with Gasteiger partial charge in [-0.05, 0) is 36.8 Å². The van der Waals surface area contributed by atoms with E-state index in [1.165, 1.54) is 12.0 Å². The van der Waals surface area contributed by atoms with Crippen LogP contribution in [0.1, 0.15) is 30.7 Å². The molecule has 1 aliphatic rings. The van der Waals surface area contributed by atoms with Crippen LogP contribution < -0.4 is 11.1 Å². The lowest BCUT2D eigenvalue weighted by molar-refractivity contribution is 0.263. The second-order valence-corrected chi connectivity index (χ2v) is 6.12. The van der Waals surface area contributed by atoms with E-state index in [0.717, 1.165) is 32.6 Å². The average Bonchev–Trinajstić information content (AvgIpc) is 2.86. The lowest BCUT2D eigenvalue weighted by Gasteiger charge is -2.26. The summed E-state index contributed by atoms with van der Waals surface area (Å²) >= 11 is 1.88. The third-order valence-electron chi connectivity index (χ3n) is 3.59. The molecule has 1 atom stereocenters. The third-order valence-corrected chi connectivity index (χ3v) is 4.61. The summed E-state index contributed by atoms with van der Waals surface area (Å²) in [7, 11) is 0. The highest BCUT2D eigenvalue weighted by Gasteiger charge is 2.16. The molecule has 4 nitrogen and oxygen atoms in total. The zero-order valence-electron chi connectivity index (χ0n) is 11.9. The van der Waals surface area contributed by atoms with Gasteiger partial charge < -0.3 is 11.1 Å². The number of fused-ring (bicyclic) bond motifs is 1. The van der Waals surface area contributed by atoms with Gasteiger partial charge in [-0.25, -0.2) is 0 Å². The molecule has 5 heteroatoms. The van der Waals surface area contributed by atoms with Crippen molar-refractivity contribution in [3.8, 4) is 0 Å². The van der Waals surface area contributed by atoms with E-state index in [2.05, 4.69) is 40.5 Å². The van der Waals surface area contributed by atoms with Crippen molar-refractivity contribution >= 4 is 17.3 Å². The Labute approximate surface area is 119 Å². The van der Waals surface area contributed by atoms with E-state index in [1.54, 1.807) is 4.88 Å². The number of thiophene rings is 1. The summed E-state index contributed by atoms with van der Waals surface area (Å²) in [6, 6.07) is 2.64. The average molecular weight is 280 g/mol. The molecular weight excluding hydrogens is 256 g/mol. The molecule has 1 aromatic heterocycles. The zero-order valence-corrected chi connectivity index (χ0v) is 12.7. The third kappa shape index (κ3) is 4.21. The summed E-state index contributed by atoms with van der Waals surface area (Å²) in [6.07, 6.45) is 2.24. The van der Waals surface area contributed by atoms with E-state index in [1.807, 2.05) is 11.3 Å². The Kier molecular flexibility index (Phi) is 5.22. The zero-order chi connectivity index (χ0) is 13.7. The highest BCUT2D eigenvalue weighted by Crippen LogP contribution is 2.23. The second-order valence-electron chi connectivity index (χ2n) is 5.12. The predicted octanol–water partition coefficient (Wildman–Crippen LogP) is 1.81. The Morgan fingerprint density at radius 2 is 2.47 bits per heavy atom. The summed E-state index contributed by atoms with van der Waals surface area (Å²) in [6.45, 7) is 8.21. The van der Waals surface area contributed by atoms with Crippen LogP contribution in [0.2, 0.25) is 0 Å². The second kappa shape index (κ2) is 6.91. The molecule has 1 aromatic rings. The number of nitrogens with zero attached hydrogens (tertiary/aromatic N) is 2. The minimum absolute atomic E-state index is 0.395. The van der Waals surface area contributed by atoms with Crippen LogP contribution in [-0.4, -0.2) is 36.5 Å². The van der Waals surface area contributed by atoms with Crippen LogP contribution in [0.5, 0.6) is 0 Å². The van der Waals surface area contributed by atoms with E-state index in [0.29, 0.717) is 12.0 Å². The lowest BCUT2D eigenvalue weighted by Crippen LogP contribution is -2.39. The summed E-state index contributed by atoms with van der Waals surface area (Å²) in [5.41, 5.74) is 7.34. The van der Waals surface area contributed by atoms with Gasteiger partial charge in [0.05, 0.1) is 6.54 Å². The maximum atomic E-state index is 5.85. The Hall–Kier alpha value is -1.07. The standard InChI is InChI=1S/C14H24N4S/c1-3-11(2)17-14(15)16-6-8-18-7-4-13-12(10-18)5-9-19-13/h5,9,11H,3-4,6-8,10H2,1-2H3,(H3,15,16,17). The van der Waals surface area contributed by atoms with Crippen LogP contribution in [0.15, 0.2) is 16.4 Å². The van der Waals surface area contributed by atoms with Crippen molar-refractivity contribution < 1.29 is 0 Å². The first-order valence-corrected chi connectivity index (χ1v) is 7.91. The number of rotatable bonds is 5. The van der Waals surface area contributed by atoms with Crippen molar-refractivity contribution in [3.05, 3.63) is 21.9 Å². The van der Waals surface area contributed by atoms with Gasteiger partial charge in [0, 0.05) is 30.6 Å². The first-order chi connectivity index (χ1) is 9.19. The quantitative estimate of drug-likeness (QED) is 0.639. The molecule has 0 aromatic carbocycles. The molecule has 0 amide bonds. The molecule has 3 N–H and O–H groups in total. The predicted molar refractivity (Wildman–Crippen MR) is 82.7 cm³/mol. The maximum Gasteiger partial charge on any atom is 0.188 e. The highest BCUT2D eigenvalue weighted by molar-refractivity contribution is 7.10. The van der Waals surface area contributed by atoms with Crippen molar-refractivity contribution in [2.45, 2.75) is 39.3 Å². The van der Waals surface area contributed by atoms with Crippen molar-refractivity contribution in [3.63, 3.8) is 0 Å². The molecule has 1 aliphatic heterocycles. The van der Waals surface area contributed by atoms with Gasteiger partial charge in [-0.1, -0.05) is 6.92 Å². The number of guanidine groups is 1. The van der Waals surface area contributed by atoms with E-state index < -0.39 is 0 Å². The molecule has 19 heavy (non-hydrogen) atoms. The summed E-state index contributed by atoms with van der Waals surface area (Å²) < 4.78 is 0. The van der Waals surface area contributed by atoms with Gasteiger partial charge in [0.2, 0.25) is 0 Å². The van der Waals surface area contributed by atoms with Crippen LogP contribution in [0.3, 0.4) is 0 Å². The Morgan fingerprint density at radius 3 is 3.26 bits per heavy atom. The fourth-order valence-electron chi connectivity index (χ4n) is 2.21. The van der Waals surface area contributed by atoms with Crippen LogP contribution >= 0.6 is 11.3 Å². The van der Waals surface area contributed by atoms with E-state index >= 15 is 0 Å². The lowest BCUT2D eigenvalue weighted by atomic mass is 10.1. The normalized spacial score (nSPS) is 18.1. The van der Waals surface area contributed by atoms with Gasteiger partial charge in [0.15, 0.2) is 5.96 Å². The van der Waals surface area contributed by atoms with Gasteiger partial charge in [-0.15, -0.1) is 11.3 Å². The van der Waals surface area contributed by atoms with Crippen LogP contribution in [0.4, 0.5) is 0 Å². The van der Waals surface area contributed by atoms with Crippen LogP contribution in [0, 0.1) is 0 Å². The molecule has 0 saturated carbocycles. The molecule has 0 spiro atoms. The molecular formula is C14H24N4S. The molecule has 0 radical (unpaired) electrons. The van der Waals surface area contributed by atoms with Gasteiger partial charge in [0.1, 0.15) is 0 Å². The fourth-order valence-corrected chi connectivity index (χ4v) is 3.10. The number of nitrogens with one attached hydrogen (secondary N) is 1. The van der Waals surface area contributed by atoms with Gasteiger partial charge >= 0.3 is 0 Å². The molecule has 1 unspecified atom stereocenters. The van der Waals surface area contributed by atoms with Crippen molar-refractivity contribution in [2.24, 2.45) is 10.7 Å². The fraction of sp³-hybridized carbons (Fsp3) is 0.643. The minimum Gasteiger partial charge on any atom is -0.370 e. The number of hydrogen-bond acceptors (Lipinski definition) is 3. The minimum atomic E-state index is 0.395. The molecule has 0 saturated heterocycles. The Morgan fingerprint density at radius 1 is 1.63 bits per heavy atom. The highest BCUT2D eigenvalue weighted by atomic mass is 32.1. The van der Waals surface area contributed by atoms with Crippen molar-refractivity contribution in [1.29, 1.82) is 0 Å². The topological polar surface area (TPSA) is 53.6 Å². The van der Waals surface area contributed by atoms with E-state index in [4.69, 9.17) is 5.73 Å². The molecule has 0 aliphatic carbocycles.